The Hall–Kier alpha value is -1.36. The van der Waals surface area contributed by atoms with Gasteiger partial charge in [0, 0.05) is 12.5 Å². The van der Waals surface area contributed by atoms with Crippen molar-refractivity contribution in [1.82, 2.24) is 5.32 Å². The molecule has 148 valence electrons. The molecule has 0 heterocycles. The highest BCUT2D eigenvalue weighted by atomic mass is 16.4. The number of hydrogen-bond donors (Lipinski definition) is 3. The first-order chi connectivity index (χ1) is 12.0. The zero-order valence-corrected chi connectivity index (χ0v) is 16.3. The van der Waals surface area contributed by atoms with Crippen LogP contribution in [-0.4, -0.2) is 36.2 Å². The summed E-state index contributed by atoms with van der Waals surface area (Å²) < 4.78 is 0. The van der Waals surface area contributed by atoms with Gasteiger partial charge in [-0.1, -0.05) is 70.3 Å². The fourth-order valence-electron chi connectivity index (χ4n) is 2.49. The first-order valence-electron chi connectivity index (χ1n) is 9.74. The fraction of sp³-hybridized carbons (Fsp3) is 0.800. The lowest BCUT2D eigenvalue weighted by Crippen LogP contribution is -1.93. The number of carboxylic acid groups (broad SMARTS) is 2. The average Bonchev–Trinajstić information content (AvgIpc) is 2.54. The minimum absolute atomic E-state index is 0.312. The van der Waals surface area contributed by atoms with Gasteiger partial charge >= 0.3 is 11.9 Å². The van der Waals surface area contributed by atoms with Crippen LogP contribution in [0.3, 0.4) is 0 Å². The molecule has 0 aromatic heterocycles. The summed E-state index contributed by atoms with van der Waals surface area (Å²) in [7, 11) is 3.75. The Kier molecular flexibility index (Phi) is 23.4. The van der Waals surface area contributed by atoms with Crippen molar-refractivity contribution in [3.8, 4) is 0 Å². The number of hydrogen-bond acceptors (Lipinski definition) is 3. The van der Waals surface area contributed by atoms with Gasteiger partial charge in [0.1, 0.15) is 0 Å². The maximum atomic E-state index is 10.3. The Morgan fingerprint density at radius 3 is 1.44 bits per heavy atom. The lowest BCUT2D eigenvalue weighted by molar-refractivity contribution is -0.137. The Morgan fingerprint density at radius 2 is 1.08 bits per heavy atom. The van der Waals surface area contributed by atoms with Gasteiger partial charge in [0.2, 0.25) is 0 Å². The van der Waals surface area contributed by atoms with Crippen LogP contribution in [0.1, 0.15) is 89.9 Å². The number of carbonyl (C=O) groups is 2. The highest BCUT2D eigenvalue weighted by Crippen LogP contribution is 2.13. The quantitative estimate of drug-likeness (QED) is 0.267. The van der Waals surface area contributed by atoms with Crippen LogP contribution in [0, 0.1) is 0 Å². The van der Waals surface area contributed by atoms with E-state index in [-0.39, 0.29) is 0 Å². The third-order valence-electron chi connectivity index (χ3n) is 3.77. The SMILES string of the molecule is CNC.O=C(O)C=CCCCCCCCCCCCCCCC(=O)O. The standard InChI is InChI=1S/C18H32O4.C2H7N/c19-17(20)15-13-11-9-7-5-3-1-2-4-6-8-10-12-14-16-18(21)22;1-3-2/h13,15H,1-12,14,16H2,(H,19,20)(H,21,22);3H,1-2H3. The van der Waals surface area contributed by atoms with Crippen LogP contribution in [0.15, 0.2) is 12.2 Å². The van der Waals surface area contributed by atoms with Gasteiger partial charge in [-0.3, -0.25) is 4.79 Å². The predicted octanol–water partition coefficient (Wildman–Crippen LogP) is 5.01. The lowest BCUT2D eigenvalue weighted by Gasteiger charge is -2.02. The van der Waals surface area contributed by atoms with Crippen LogP contribution in [0.4, 0.5) is 0 Å². The molecule has 5 nitrogen and oxygen atoms in total. The molecule has 0 bridgehead atoms. The van der Waals surface area contributed by atoms with E-state index < -0.39 is 11.9 Å². The van der Waals surface area contributed by atoms with Gasteiger partial charge in [0.15, 0.2) is 0 Å². The largest absolute Gasteiger partial charge is 0.481 e. The molecule has 0 fully saturated rings. The molecule has 0 aromatic carbocycles. The average molecular weight is 358 g/mol. The maximum Gasteiger partial charge on any atom is 0.327 e. The van der Waals surface area contributed by atoms with Crippen molar-refractivity contribution in [3.05, 3.63) is 12.2 Å². The summed E-state index contributed by atoms with van der Waals surface area (Å²) in [6.45, 7) is 0. The minimum Gasteiger partial charge on any atom is -0.481 e. The zero-order valence-electron chi connectivity index (χ0n) is 16.3. The van der Waals surface area contributed by atoms with Crippen molar-refractivity contribution in [3.63, 3.8) is 0 Å². The summed E-state index contributed by atoms with van der Waals surface area (Å²) in [5.74, 6) is -1.54. The molecular weight excluding hydrogens is 318 g/mol. The van der Waals surface area contributed by atoms with Crippen molar-refractivity contribution in [2.24, 2.45) is 0 Å². The number of rotatable bonds is 16. The van der Waals surface area contributed by atoms with Gasteiger partial charge in [0.05, 0.1) is 0 Å². The van der Waals surface area contributed by atoms with E-state index in [0.29, 0.717) is 6.42 Å². The Labute approximate surface area is 153 Å². The molecular formula is C20H39NO4. The normalized spacial score (nSPS) is 10.5. The smallest absolute Gasteiger partial charge is 0.327 e. The highest BCUT2D eigenvalue weighted by Gasteiger charge is 1.97. The summed E-state index contributed by atoms with van der Waals surface area (Å²) in [6, 6.07) is 0. The zero-order chi connectivity index (χ0) is 19.2. The van der Waals surface area contributed by atoms with Crippen molar-refractivity contribution >= 4 is 11.9 Å². The molecule has 25 heavy (non-hydrogen) atoms. The summed E-state index contributed by atoms with van der Waals surface area (Å²) in [5, 5.41) is 19.7. The van der Waals surface area contributed by atoms with Gasteiger partial charge < -0.3 is 15.5 Å². The number of carboxylic acids is 2. The van der Waals surface area contributed by atoms with E-state index in [1.807, 2.05) is 14.1 Å². The van der Waals surface area contributed by atoms with E-state index in [9.17, 15) is 9.59 Å². The molecule has 0 radical (unpaired) electrons. The monoisotopic (exact) mass is 357 g/mol. The summed E-state index contributed by atoms with van der Waals surface area (Å²) in [4.78, 5) is 20.6. The van der Waals surface area contributed by atoms with Crippen LogP contribution in [-0.2, 0) is 9.59 Å². The Balaban J connectivity index is 0. The topological polar surface area (TPSA) is 86.6 Å². The number of aliphatic carboxylic acids is 2. The van der Waals surface area contributed by atoms with E-state index >= 15 is 0 Å². The predicted molar refractivity (Wildman–Crippen MR) is 104 cm³/mol. The van der Waals surface area contributed by atoms with E-state index in [1.165, 1.54) is 57.4 Å². The van der Waals surface area contributed by atoms with Crippen molar-refractivity contribution in [2.45, 2.75) is 89.9 Å². The molecule has 0 saturated carbocycles. The molecule has 0 aromatic rings. The highest BCUT2D eigenvalue weighted by molar-refractivity contribution is 5.79. The summed E-state index contributed by atoms with van der Waals surface area (Å²) in [5.41, 5.74) is 0. The number of allylic oxidation sites excluding steroid dienone is 1. The first-order valence-corrected chi connectivity index (χ1v) is 9.74. The Morgan fingerprint density at radius 1 is 0.720 bits per heavy atom. The number of nitrogens with one attached hydrogen (secondary N) is 1. The number of unbranched alkanes of at least 4 members (excludes halogenated alkanes) is 12. The molecule has 0 rings (SSSR count). The molecule has 0 saturated heterocycles. The molecule has 0 unspecified atom stereocenters. The van der Waals surface area contributed by atoms with Gasteiger partial charge in [-0.2, -0.15) is 0 Å². The molecule has 3 N–H and O–H groups in total. The molecule has 0 spiro atoms. The molecule has 0 aliphatic carbocycles. The lowest BCUT2D eigenvalue weighted by atomic mass is 10.0. The summed E-state index contributed by atoms with van der Waals surface area (Å²) in [6.07, 6.45) is 18.4. The van der Waals surface area contributed by atoms with Crippen LogP contribution in [0.5, 0.6) is 0 Å². The minimum atomic E-state index is -0.859. The summed E-state index contributed by atoms with van der Waals surface area (Å²) >= 11 is 0. The Bertz CT molecular complexity index is 330. The van der Waals surface area contributed by atoms with Crippen LogP contribution in [0.25, 0.3) is 0 Å². The molecule has 5 heteroatoms. The second-order valence-electron chi connectivity index (χ2n) is 6.42. The van der Waals surface area contributed by atoms with E-state index in [4.69, 9.17) is 10.2 Å². The van der Waals surface area contributed by atoms with E-state index in [0.717, 1.165) is 32.1 Å². The molecule has 0 amide bonds. The van der Waals surface area contributed by atoms with E-state index in [2.05, 4.69) is 5.32 Å². The van der Waals surface area contributed by atoms with Gasteiger partial charge in [-0.25, -0.2) is 4.79 Å². The first kappa shape index (κ1) is 25.9. The molecule has 0 aliphatic rings. The third kappa shape index (κ3) is 31.0. The van der Waals surface area contributed by atoms with Crippen LogP contribution >= 0.6 is 0 Å². The van der Waals surface area contributed by atoms with Crippen LogP contribution < -0.4 is 5.32 Å². The molecule has 0 atom stereocenters. The molecule has 0 aliphatic heterocycles. The second kappa shape index (κ2) is 22.6. The maximum absolute atomic E-state index is 10.3. The van der Waals surface area contributed by atoms with Gasteiger partial charge in [-0.05, 0) is 33.4 Å². The second-order valence-corrected chi connectivity index (χ2v) is 6.42. The van der Waals surface area contributed by atoms with Crippen molar-refractivity contribution in [1.29, 1.82) is 0 Å². The fourth-order valence-corrected chi connectivity index (χ4v) is 2.49. The van der Waals surface area contributed by atoms with Crippen LogP contribution in [0.2, 0.25) is 0 Å². The van der Waals surface area contributed by atoms with Gasteiger partial charge in [0.25, 0.3) is 0 Å². The van der Waals surface area contributed by atoms with Crippen molar-refractivity contribution < 1.29 is 19.8 Å². The van der Waals surface area contributed by atoms with Crippen molar-refractivity contribution in [2.75, 3.05) is 14.1 Å². The third-order valence-corrected chi connectivity index (χ3v) is 3.77. The van der Waals surface area contributed by atoms with E-state index in [1.54, 1.807) is 6.08 Å². The van der Waals surface area contributed by atoms with Gasteiger partial charge in [-0.15, -0.1) is 0 Å².